The average Bonchev–Trinajstić information content (AvgIpc) is 3.28. The van der Waals surface area contributed by atoms with Crippen LogP contribution in [0.25, 0.3) is 11.5 Å². The number of rotatable bonds is 7. The molecule has 0 atom stereocenters. The molecule has 2 aromatic heterocycles. The normalized spacial score (nSPS) is 10.4. The first-order valence-corrected chi connectivity index (χ1v) is 9.13. The minimum atomic E-state index is -0.277. The summed E-state index contributed by atoms with van der Waals surface area (Å²) < 4.78 is 16.5. The summed E-state index contributed by atoms with van der Waals surface area (Å²) in [4.78, 5) is 16.1. The van der Waals surface area contributed by atoms with Crippen LogP contribution in [0.2, 0.25) is 0 Å². The summed E-state index contributed by atoms with van der Waals surface area (Å²) >= 11 is 0. The molecule has 0 bridgehead atoms. The van der Waals surface area contributed by atoms with E-state index in [0.29, 0.717) is 28.9 Å². The van der Waals surface area contributed by atoms with Gasteiger partial charge < -0.3 is 19.2 Å². The number of hydrogen-bond donors (Lipinski definition) is 1. The maximum atomic E-state index is 12.1. The fourth-order valence-electron chi connectivity index (χ4n) is 2.63. The Morgan fingerprint density at radius 2 is 1.73 bits per heavy atom. The molecule has 2 heterocycles. The molecule has 0 radical (unpaired) electrons. The summed E-state index contributed by atoms with van der Waals surface area (Å²) in [5.74, 6) is 1.84. The van der Waals surface area contributed by atoms with Crippen molar-refractivity contribution >= 4 is 11.6 Å². The van der Waals surface area contributed by atoms with Crippen LogP contribution in [-0.4, -0.2) is 28.2 Å². The highest BCUT2D eigenvalue weighted by Crippen LogP contribution is 2.22. The van der Waals surface area contributed by atoms with Crippen molar-refractivity contribution in [3.05, 3.63) is 84.5 Å². The topological polar surface area (TPSA) is 99.4 Å². The first kappa shape index (κ1) is 19.1. The Hall–Kier alpha value is -4.20. The van der Waals surface area contributed by atoms with Crippen LogP contribution in [0.4, 0.5) is 5.69 Å². The average molecular weight is 402 g/mol. The molecule has 0 spiro atoms. The van der Waals surface area contributed by atoms with E-state index in [1.807, 2.05) is 24.3 Å². The molecule has 0 aliphatic rings. The monoisotopic (exact) mass is 402 g/mol. The van der Waals surface area contributed by atoms with E-state index in [9.17, 15) is 4.79 Å². The predicted molar refractivity (Wildman–Crippen MR) is 109 cm³/mol. The molecule has 1 amide bonds. The zero-order valence-electron chi connectivity index (χ0n) is 16.1. The van der Waals surface area contributed by atoms with Crippen LogP contribution in [-0.2, 0) is 6.61 Å². The van der Waals surface area contributed by atoms with E-state index < -0.39 is 0 Å². The molecule has 0 saturated heterocycles. The van der Waals surface area contributed by atoms with Gasteiger partial charge in [-0.2, -0.15) is 0 Å². The zero-order chi connectivity index (χ0) is 20.8. The molecule has 4 aromatic rings. The summed E-state index contributed by atoms with van der Waals surface area (Å²) in [6.45, 7) is 0.128. The van der Waals surface area contributed by atoms with Gasteiger partial charge in [-0.3, -0.25) is 9.78 Å². The van der Waals surface area contributed by atoms with E-state index in [4.69, 9.17) is 13.9 Å². The van der Waals surface area contributed by atoms with E-state index in [-0.39, 0.29) is 12.5 Å². The second kappa shape index (κ2) is 8.87. The first-order valence-electron chi connectivity index (χ1n) is 9.13. The van der Waals surface area contributed by atoms with Crippen molar-refractivity contribution in [2.45, 2.75) is 6.61 Å². The molecule has 8 heteroatoms. The maximum absolute atomic E-state index is 12.1. The molecule has 0 aliphatic heterocycles. The number of ether oxygens (including phenoxy) is 2. The largest absolute Gasteiger partial charge is 0.497 e. The quantitative estimate of drug-likeness (QED) is 0.499. The number of anilines is 1. The third kappa shape index (κ3) is 4.61. The highest BCUT2D eigenvalue weighted by atomic mass is 16.5. The zero-order valence-corrected chi connectivity index (χ0v) is 16.1. The number of nitrogens with zero attached hydrogens (tertiary/aromatic N) is 3. The Morgan fingerprint density at radius 1 is 0.967 bits per heavy atom. The van der Waals surface area contributed by atoms with Crippen molar-refractivity contribution < 1.29 is 18.7 Å². The van der Waals surface area contributed by atoms with E-state index in [1.54, 1.807) is 55.8 Å². The lowest BCUT2D eigenvalue weighted by atomic mass is 10.2. The first-order chi connectivity index (χ1) is 14.7. The van der Waals surface area contributed by atoms with Crippen molar-refractivity contribution in [2.24, 2.45) is 0 Å². The van der Waals surface area contributed by atoms with Gasteiger partial charge >= 0.3 is 0 Å². The van der Waals surface area contributed by atoms with E-state index >= 15 is 0 Å². The van der Waals surface area contributed by atoms with Gasteiger partial charge in [-0.1, -0.05) is 6.07 Å². The Bertz CT molecular complexity index is 1110. The fraction of sp³-hybridized carbons (Fsp3) is 0.0909. The number of amides is 1. The van der Waals surface area contributed by atoms with Gasteiger partial charge in [0.15, 0.2) is 6.61 Å². The molecule has 2 aromatic carbocycles. The molecule has 8 nitrogen and oxygen atoms in total. The number of hydrogen-bond acceptors (Lipinski definition) is 7. The summed E-state index contributed by atoms with van der Waals surface area (Å²) in [6, 6.07) is 19.5. The van der Waals surface area contributed by atoms with Gasteiger partial charge in [0.1, 0.15) is 17.2 Å². The molecular formula is C22H18N4O4. The van der Waals surface area contributed by atoms with Crippen LogP contribution in [0.1, 0.15) is 16.4 Å². The van der Waals surface area contributed by atoms with E-state index in [0.717, 1.165) is 11.3 Å². The van der Waals surface area contributed by atoms with Crippen molar-refractivity contribution in [3.8, 4) is 23.0 Å². The summed E-state index contributed by atoms with van der Waals surface area (Å²) in [5, 5.41) is 10.8. The van der Waals surface area contributed by atoms with Crippen molar-refractivity contribution in [1.82, 2.24) is 15.2 Å². The minimum Gasteiger partial charge on any atom is -0.497 e. The second-order valence-electron chi connectivity index (χ2n) is 6.21. The molecule has 150 valence electrons. The van der Waals surface area contributed by atoms with Gasteiger partial charge in [0.2, 0.25) is 5.89 Å². The number of carbonyl (C=O) groups is 1. The van der Waals surface area contributed by atoms with Crippen LogP contribution in [0, 0.1) is 0 Å². The van der Waals surface area contributed by atoms with Crippen LogP contribution in [0.15, 0.2) is 77.3 Å². The Kier molecular flexibility index (Phi) is 5.66. The predicted octanol–water partition coefficient (Wildman–Crippen LogP) is 3.97. The van der Waals surface area contributed by atoms with Crippen LogP contribution >= 0.6 is 0 Å². The lowest BCUT2D eigenvalue weighted by Gasteiger charge is -2.07. The molecule has 0 saturated carbocycles. The van der Waals surface area contributed by atoms with Crippen LogP contribution in [0.3, 0.4) is 0 Å². The van der Waals surface area contributed by atoms with Gasteiger partial charge in [-0.05, 0) is 60.7 Å². The third-order valence-electron chi connectivity index (χ3n) is 4.18. The molecule has 1 N–H and O–H groups in total. The van der Waals surface area contributed by atoms with E-state index in [2.05, 4.69) is 20.5 Å². The molecule has 0 unspecified atom stereocenters. The number of carbonyl (C=O) groups excluding carboxylic acids is 1. The SMILES string of the molecule is COc1ccc(-c2nnc(COc3ccc(NC(=O)c4ccccn4)cc3)o2)cc1. The Balaban J connectivity index is 1.33. The molecule has 0 aliphatic carbocycles. The lowest BCUT2D eigenvalue weighted by molar-refractivity contribution is 0.102. The maximum Gasteiger partial charge on any atom is 0.274 e. The van der Waals surface area contributed by atoms with Gasteiger partial charge in [0.25, 0.3) is 11.8 Å². The second-order valence-corrected chi connectivity index (χ2v) is 6.21. The minimum absolute atomic E-state index is 0.128. The number of methoxy groups -OCH3 is 1. The van der Waals surface area contributed by atoms with Gasteiger partial charge in [0.05, 0.1) is 7.11 Å². The Morgan fingerprint density at radius 3 is 2.43 bits per heavy atom. The molecular weight excluding hydrogens is 384 g/mol. The molecule has 4 rings (SSSR count). The standard InChI is InChI=1S/C22H18N4O4/c1-28-17-9-5-15(6-10-17)22-26-25-20(30-22)14-29-18-11-7-16(8-12-18)24-21(27)19-4-2-3-13-23-19/h2-13H,14H2,1H3,(H,24,27). The number of nitrogens with one attached hydrogen (secondary N) is 1. The smallest absolute Gasteiger partial charge is 0.274 e. The number of pyridine rings is 1. The Labute approximate surface area is 172 Å². The van der Waals surface area contributed by atoms with Crippen molar-refractivity contribution in [2.75, 3.05) is 12.4 Å². The molecule has 30 heavy (non-hydrogen) atoms. The summed E-state index contributed by atoms with van der Waals surface area (Å²) in [5.41, 5.74) is 1.78. The van der Waals surface area contributed by atoms with Gasteiger partial charge in [-0.15, -0.1) is 10.2 Å². The summed E-state index contributed by atoms with van der Waals surface area (Å²) in [6.07, 6.45) is 1.57. The van der Waals surface area contributed by atoms with Crippen molar-refractivity contribution in [1.29, 1.82) is 0 Å². The lowest BCUT2D eigenvalue weighted by Crippen LogP contribution is -2.13. The summed E-state index contributed by atoms with van der Waals surface area (Å²) in [7, 11) is 1.61. The van der Waals surface area contributed by atoms with Crippen LogP contribution in [0.5, 0.6) is 11.5 Å². The van der Waals surface area contributed by atoms with Gasteiger partial charge in [-0.25, -0.2) is 0 Å². The van der Waals surface area contributed by atoms with Crippen molar-refractivity contribution in [3.63, 3.8) is 0 Å². The molecule has 0 fully saturated rings. The van der Waals surface area contributed by atoms with Crippen LogP contribution < -0.4 is 14.8 Å². The fourth-order valence-corrected chi connectivity index (χ4v) is 2.63. The highest BCUT2D eigenvalue weighted by Gasteiger charge is 2.10. The number of aromatic nitrogens is 3. The van der Waals surface area contributed by atoms with Gasteiger partial charge in [0, 0.05) is 17.4 Å². The third-order valence-corrected chi connectivity index (χ3v) is 4.18. The highest BCUT2D eigenvalue weighted by molar-refractivity contribution is 6.02. The van der Waals surface area contributed by atoms with E-state index in [1.165, 1.54) is 0 Å². The number of benzene rings is 2.